The maximum atomic E-state index is 13.8. The number of hydrogen-bond acceptors (Lipinski definition) is 22. The second-order valence-corrected chi connectivity index (χ2v) is 21.6. The van der Waals surface area contributed by atoms with Crippen LogP contribution in [0.3, 0.4) is 0 Å². The molecule has 2 aromatic carbocycles. The number of benzene rings is 2. The molecule has 0 bridgehead atoms. The Morgan fingerprint density at radius 2 is 0.667 bits per heavy atom. The van der Waals surface area contributed by atoms with E-state index in [4.69, 9.17) is 52.1 Å². The molecule has 22 nitrogen and oxygen atoms in total. The van der Waals surface area contributed by atoms with Crippen LogP contribution < -0.4 is 14.2 Å². The van der Waals surface area contributed by atoms with E-state index in [0.717, 1.165) is 63.5 Å². The summed E-state index contributed by atoms with van der Waals surface area (Å²) in [5, 5.41) is 0.775. The van der Waals surface area contributed by atoms with Crippen LogP contribution in [0.15, 0.2) is 55.6 Å². The molecule has 458 valence electrons. The van der Waals surface area contributed by atoms with Gasteiger partial charge in [-0.25, -0.2) is 9.59 Å². The average Bonchev–Trinajstić information content (AvgIpc) is 3.68. The van der Waals surface area contributed by atoms with Gasteiger partial charge in [-0.1, -0.05) is 25.3 Å². The maximum absolute atomic E-state index is 13.8. The Balaban J connectivity index is 0.870. The van der Waals surface area contributed by atoms with Gasteiger partial charge in [0.1, 0.15) is 70.1 Å². The largest absolute Gasteiger partial charge is 0.462 e. The van der Waals surface area contributed by atoms with Crippen LogP contribution in [0, 0.1) is 47.3 Å². The zero-order valence-corrected chi connectivity index (χ0v) is 47.9. The quantitative estimate of drug-likeness (QED) is 0.0244. The fourth-order valence-corrected chi connectivity index (χ4v) is 11.7. The monoisotopic (exact) mass is 1170 g/mol. The van der Waals surface area contributed by atoms with E-state index in [0.29, 0.717) is 85.8 Å². The Morgan fingerprint density at radius 1 is 0.369 bits per heavy atom. The van der Waals surface area contributed by atoms with Gasteiger partial charge < -0.3 is 52.1 Å². The normalized spacial score (nSPS) is 22.1. The van der Waals surface area contributed by atoms with E-state index in [-0.39, 0.29) is 137 Å². The van der Waals surface area contributed by atoms with Crippen molar-refractivity contribution in [1.82, 2.24) is 0 Å². The van der Waals surface area contributed by atoms with Gasteiger partial charge in [-0.05, 0) is 145 Å². The van der Waals surface area contributed by atoms with Crippen molar-refractivity contribution in [2.45, 2.75) is 135 Å². The summed E-state index contributed by atoms with van der Waals surface area (Å²) in [5.74, 6) is -4.98. The summed E-state index contributed by atoms with van der Waals surface area (Å²) >= 11 is 0. The Labute approximate surface area is 488 Å². The lowest BCUT2D eigenvalue weighted by Gasteiger charge is -2.36. The molecule has 0 saturated heterocycles. The lowest BCUT2D eigenvalue weighted by molar-refractivity contribution is -0.157. The fraction of sp³-hybridized carbons (Fsp3) is 0.597. The molecule has 0 radical (unpaired) electrons. The standard InChI is InChI=1S/C62H78O22/c1-4-52(64)74-31-33-76-54(66)27-29-56(68)78-35-37-80-59(70)44-17-9-40(10-18-44)42-13-21-46(22-14-42)61(72)83-49-25-26-51(58-48(49)7-6-8-50(58)82-39(3)63)84-62(73)47-23-15-43(16-24-47)41-11-19-45(20-12-41)60(71)81-38-36-79-57(69)30-28-55(67)77-34-32-75-53(65)5-2/h4-8,25-26,40-47H,1-2,9-24,27-38H2,3H3. The molecular weight excluding hydrogens is 1100 g/mol. The van der Waals surface area contributed by atoms with E-state index < -0.39 is 47.8 Å². The summed E-state index contributed by atoms with van der Waals surface area (Å²) < 4.78 is 57.9. The van der Waals surface area contributed by atoms with Crippen molar-refractivity contribution in [3.63, 3.8) is 0 Å². The number of esters is 11. The van der Waals surface area contributed by atoms with Crippen molar-refractivity contribution in [2.24, 2.45) is 47.3 Å². The summed E-state index contributed by atoms with van der Waals surface area (Å²) in [4.78, 5) is 135. The zero-order valence-electron chi connectivity index (χ0n) is 47.9. The maximum Gasteiger partial charge on any atom is 0.330 e. The van der Waals surface area contributed by atoms with Gasteiger partial charge in [0.25, 0.3) is 0 Å². The molecule has 4 fully saturated rings. The smallest absolute Gasteiger partial charge is 0.330 e. The van der Waals surface area contributed by atoms with E-state index in [1.807, 2.05) is 0 Å². The van der Waals surface area contributed by atoms with Crippen molar-refractivity contribution in [3.8, 4) is 17.2 Å². The Morgan fingerprint density at radius 3 is 1.01 bits per heavy atom. The van der Waals surface area contributed by atoms with Crippen molar-refractivity contribution in [1.29, 1.82) is 0 Å². The number of carbonyl (C=O) groups is 11. The van der Waals surface area contributed by atoms with Gasteiger partial charge in [-0.3, -0.25) is 43.2 Å². The molecule has 0 heterocycles. The highest BCUT2D eigenvalue weighted by Crippen LogP contribution is 2.45. The summed E-state index contributed by atoms with van der Waals surface area (Å²) in [6.07, 6.45) is 13.0. The molecule has 2 aromatic rings. The molecular formula is C62H78O22. The van der Waals surface area contributed by atoms with Crippen molar-refractivity contribution in [2.75, 3.05) is 52.9 Å². The van der Waals surface area contributed by atoms with Gasteiger partial charge in [0.15, 0.2) is 0 Å². The van der Waals surface area contributed by atoms with Gasteiger partial charge in [-0.15, -0.1) is 0 Å². The Bertz CT molecular complexity index is 2640. The minimum atomic E-state index is -0.652. The topological polar surface area (TPSA) is 289 Å². The second kappa shape index (κ2) is 34.2. The summed E-state index contributed by atoms with van der Waals surface area (Å²) in [7, 11) is 0. The van der Waals surface area contributed by atoms with Gasteiger partial charge in [0.05, 0.1) is 54.7 Å². The first-order valence-corrected chi connectivity index (χ1v) is 29.2. The molecule has 0 aromatic heterocycles. The van der Waals surface area contributed by atoms with Crippen molar-refractivity contribution < 1.29 is 105 Å². The molecule has 0 aliphatic heterocycles. The average molecular weight is 1180 g/mol. The first kappa shape index (κ1) is 65.5. The second-order valence-electron chi connectivity index (χ2n) is 21.6. The minimum absolute atomic E-state index is 0.105. The van der Waals surface area contributed by atoms with E-state index in [1.165, 1.54) is 6.92 Å². The highest BCUT2D eigenvalue weighted by atomic mass is 16.6. The van der Waals surface area contributed by atoms with Crippen LogP contribution in [0.1, 0.15) is 135 Å². The third-order valence-corrected chi connectivity index (χ3v) is 16.1. The Kier molecular flexibility index (Phi) is 26.7. The van der Waals surface area contributed by atoms with Crippen LogP contribution >= 0.6 is 0 Å². The third-order valence-electron chi connectivity index (χ3n) is 16.1. The third kappa shape index (κ3) is 21.2. The molecule has 0 spiro atoms. The van der Waals surface area contributed by atoms with Crippen LogP contribution in [-0.4, -0.2) is 119 Å². The van der Waals surface area contributed by atoms with Gasteiger partial charge >= 0.3 is 65.7 Å². The molecule has 6 rings (SSSR count). The molecule has 84 heavy (non-hydrogen) atoms. The zero-order chi connectivity index (χ0) is 60.4. The molecule has 0 amide bonds. The number of hydrogen-bond donors (Lipinski definition) is 0. The summed E-state index contributed by atoms with van der Waals surface area (Å²) in [6, 6.07) is 8.16. The van der Waals surface area contributed by atoms with Gasteiger partial charge in [0.2, 0.25) is 0 Å². The number of carbonyl (C=O) groups excluding carboxylic acids is 11. The van der Waals surface area contributed by atoms with Crippen molar-refractivity contribution >= 4 is 76.4 Å². The molecule has 0 N–H and O–H groups in total. The van der Waals surface area contributed by atoms with E-state index in [1.54, 1.807) is 30.3 Å². The van der Waals surface area contributed by atoms with E-state index in [9.17, 15) is 52.7 Å². The molecule has 0 atom stereocenters. The molecule has 0 unspecified atom stereocenters. The summed E-state index contributed by atoms with van der Waals surface area (Å²) in [5.41, 5.74) is 0. The first-order chi connectivity index (χ1) is 40.5. The van der Waals surface area contributed by atoms with Crippen LogP contribution in [0.2, 0.25) is 0 Å². The predicted molar refractivity (Wildman–Crippen MR) is 295 cm³/mol. The fourth-order valence-electron chi connectivity index (χ4n) is 11.7. The number of ether oxygens (including phenoxy) is 11. The van der Waals surface area contributed by atoms with Gasteiger partial charge in [0, 0.05) is 24.5 Å². The van der Waals surface area contributed by atoms with Crippen LogP contribution in [-0.2, 0) is 90.6 Å². The van der Waals surface area contributed by atoms with E-state index >= 15 is 0 Å². The molecule has 4 aliphatic rings. The number of rotatable bonds is 29. The molecule has 22 heteroatoms. The van der Waals surface area contributed by atoms with Gasteiger partial charge in [-0.2, -0.15) is 0 Å². The highest BCUT2D eigenvalue weighted by Gasteiger charge is 2.38. The lowest BCUT2D eigenvalue weighted by Crippen LogP contribution is -2.32. The SMILES string of the molecule is C=CC(=O)OCCOC(=O)CCC(=O)OCCOC(=O)C1CCC(C2CCC(C(=O)Oc3ccc(OC(=O)C4CCC(C5CCC(C(=O)OCCOC(=O)CCC(=O)OCCOC(=O)C=C)CC5)CC4)c4c(OC(C)=O)cccc34)CC2)CC1. The molecule has 4 aliphatic carbocycles. The van der Waals surface area contributed by atoms with Crippen LogP contribution in [0.4, 0.5) is 0 Å². The predicted octanol–water partition coefficient (Wildman–Crippen LogP) is 8.08. The Hall–Kier alpha value is -7.65. The minimum Gasteiger partial charge on any atom is -0.462 e. The van der Waals surface area contributed by atoms with Crippen molar-refractivity contribution in [3.05, 3.63) is 55.6 Å². The lowest BCUT2D eigenvalue weighted by atomic mass is 9.69. The van der Waals surface area contributed by atoms with Crippen LogP contribution in [0.25, 0.3) is 10.8 Å². The molecule has 4 saturated carbocycles. The first-order valence-electron chi connectivity index (χ1n) is 29.2. The van der Waals surface area contributed by atoms with Crippen LogP contribution in [0.5, 0.6) is 17.2 Å². The number of fused-ring (bicyclic) bond motifs is 1. The summed E-state index contributed by atoms with van der Waals surface area (Å²) in [6.45, 7) is 6.72. The van der Waals surface area contributed by atoms with E-state index in [2.05, 4.69) is 13.2 Å². The highest BCUT2D eigenvalue weighted by molar-refractivity contribution is 6.01.